The van der Waals surface area contributed by atoms with E-state index >= 15 is 0 Å². The second-order valence-corrected chi connectivity index (χ2v) is 8.91. The zero-order valence-electron chi connectivity index (χ0n) is 16.7. The van der Waals surface area contributed by atoms with Crippen LogP contribution in [0.1, 0.15) is 17.3 Å². The van der Waals surface area contributed by atoms with Crippen LogP contribution in [0.4, 0.5) is 17.1 Å². The number of rotatable bonds is 7. The van der Waals surface area contributed by atoms with Gasteiger partial charge >= 0.3 is 0 Å². The highest BCUT2D eigenvalue weighted by atomic mass is 35.5. The van der Waals surface area contributed by atoms with Crippen LogP contribution in [-0.4, -0.2) is 22.0 Å². The van der Waals surface area contributed by atoms with Gasteiger partial charge in [0.15, 0.2) is 0 Å². The molecule has 7 nitrogen and oxygen atoms in total. The molecule has 0 bridgehead atoms. The molecule has 0 radical (unpaired) electrons. The van der Waals surface area contributed by atoms with Gasteiger partial charge < -0.3 is 10.6 Å². The Balaban J connectivity index is 1.57. The number of carbonyl (C=O) groups excluding carboxylic acids is 2. The van der Waals surface area contributed by atoms with Crippen LogP contribution in [0.3, 0.4) is 0 Å². The van der Waals surface area contributed by atoms with Crippen molar-refractivity contribution in [2.75, 3.05) is 10.6 Å². The number of carbonyl (C=O) groups is 2. The number of anilines is 2. The summed E-state index contributed by atoms with van der Waals surface area (Å²) in [4.78, 5) is 35.8. The Morgan fingerprint density at radius 2 is 1.62 bits per heavy atom. The first-order valence-electron chi connectivity index (χ1n) is 9.31. The first-order chi connectivity index (χ1) is 15.2. The van der Waals surface area contributed by atoms with Gasteiger partial charge in [-0.2, -0.15) is 0 Å². The first kappa shape index (κ1) is 23.6. The summed E-state index contributed by atoms with van der Waals surface area (Å²) in [5, 5.41) is 16.7. The van der Waals surface area contributed by atoms with Crippen LogP contribution in [0.25, 0.3) is 0 Å². The third kappa shape index (κ3) is 6.23. The van der Waals surface area contributed by atoms with E-state index in [2.05, 4.69) is 10.6 Å². The summed E-state index contributed by atoms with van der Waals surface area (Å²) in [6.07, 6.45) is 0. The molecular formula is C22H17Cl2N3O4S. The normalized spacial score (nSPS) is 11.5. The largest absolute Gasteiger partial charge is 0.324 e. The second-order valence-electron chi connectivity index (χ2n) is 6.66. The number of hydrogen-bond acceptors (Lipinski definition) is 5. The molecule has 0 aliphatic carbocycles. The minimum Gasteiger partial charge on any atom is -0.324 e. The van der Waals surface area contributed by atoms with Crippen LogP contribution in [0.15, 0.2) is 71.6 Å². The summed E-state index contributed by atoms with van der Waals surface area (Å²) in [5.41, 5.74) is 1.26. The Morgan fingerprint density at radius 3 is 2.22 bits per heavy atom. The SMILES string of the molecule is CC(Sc1ccc(NC(=O)c2ccc([N+](=O)[O-])cc2)cc1)C(=O)Nc1ccc(Cl)cc1Cl. The molecule has 2 N–H and O–H groups in total. The van der Waals surface area contributed by atoms with Crippen molar-refractivity contribution in [2.45, 2.75) is 17.1 Å². The predicted molar refractivity (Wildman–Crippen MR) is 128 cm³/mol. The van der Waals surface area contributed by atoms with E-state index in [4.69, 9.17) is 23.2 Å². The van der Waals surface area contributed by atoms with E-state index in [0.717, 1.165) is 4.90 Å². The summed E-state index contributed by atoms with van der Waals surface area (Å²) in [7, 11) is 0. The van der Waals surface area contributed by atoms with Crippen molar-refractivity contribution >= 4 is 63.8 Å². The Labute approximate surface area is 198 Å². The summed E-state index contributed by atoms with van der Waals surface area (Å²) in [6, 6.07) is 17.2. The predicted octanol–water partition coefficient (Wildman–Crippen LogP) is 6.27. The lowest BCUT2D eigenvalue weighted by Gasteiger charge is -2.13. The molecule has 1 atom stereocenters. The smallest absolute Gasteiger partial charge is 0.269 e. The Morgan fingerprint density at radius 1 is 0.969 bits per heavy atom. The highest BCUT2D eigenvalue weighted by molar-refractivity contribution is 8.00. The van der Waals surface area contributed by atoms with Crippen LogP contribution < -0.4 is 10.6 Å². The quantitative estimate of drug-likeness (QED) is 0.231. The molecule has 10 heteroatoms. The molecule has 0 fully saturated rings. The maximum Gasteiger partial charge on any atom is 0.269 e. The molecule has 32 heavy (non-hydrogen) atoms. The summed E-state index contributed by atoms with van der Waals surface area (Å²) in [6.45, 7) is 1.77. The zero-order valence-corrected chi connectivity index (χ0v) is 19.0. The number of non-ortho nitro benzene ring substituents is 1. The minimum atomic E-state index is -0.524. The molecule has 0 aliphatic heterocycles. The van der Waals surface area contributed by atoms with Gasteiger partial charge in [-0.05, 0) is 61.5 Å². The maximum atomic E-state index is 12.5. The van der Waals surface area contributed by atoms with E-state index in [1.54, 1.807) is 49.4 Å². The standard InChI is InChI=1S/C22H17Cl2N3O4S/c1-13(21(28)26-20-11-4-15(23)12-19(20)24)32-18-9-5-16(6-10-18)25-22(29)14-2-7-17(8-3-14)27(30)31/h2-13H,1H3,(H,25,29)(H,26,28). The van der Waals surface area contributed by atoms with Crippen molar-refractivity contribution < 1.29 is 14.5 Å². The fourth-order valence-corrected chi connectivity index (χ4v) is 3.96. The fourth-order valence-electron chi connectivity index (χ4n) is 2.64. The third-order valence-corrected chi connectivity index (χ3v) is 5.98. The molecule has 3 aromatic rings. The van der Waals surface area contributed by atoms with E-state index < -0.39 is 10.2 Å². The molecule has 0 spiro atoms. The van der Waals surface area contributed by atoms with E-state index in [9.17, 15) is 19.7 Å². The number of hydrogen-bond donors (Lipinski definition) is 2. The number of nitrogens with zero attached hydrogens (tertiary/aromatic N) is 1. The van der Waals surface area contributed by atoms with Gasteiger partial charge in [0.25, 0.3) is 11.6 Å². The topological polar surface area (TPSA) is 101 Å². The van der Waals surface area contributed by atoms with Crippen molar-refractivity contribution in [3.8, 4) is 0 Å². The van der Waals surface area contributed by atoms with Crippen LogP contribution in [0, 0.1) is 10.1 Å². The van der Waals surface area contributed by atoms with E-state index in [1.165, 1.54) is 36.0 Å². The third-order valence-electron chi connectivity index (χ3n) is 4.32. The number of thioether (sulfide) groups is 1. The Hall–Kier alpha value is -3.07. The summed E-state index contributed by atoms with van der Waals surface area (Å²) < 4.78 is 0. The number of nitrogens with one attached hydrogen (secondary N) is 2. The van der Waals surface area contributed by atoms with Gasteiger partial charge in [0.2, 0.25) is 5.91 Å². The van der Waals surface area contributed by atoms with Crippen LogP contribution in [0.2, 0.25) is 10.0 Å². The maximum absolute atomic E-state index is 12.5. The van der Waals surface area contributed by atoms with Crippen LogP contribution in [0.5, 0.6) is 0 Å². The van der Waals surface area contributed by atoms with Crippen molar-refractivity contribution in [3.05, 3.63) is 92.5 Å². The van der Waals surface area contributed by atoms with Crippen LogP contribution >= 0.6 is 35.0 Å². The van der Waals surface area contributed by atoms with Crippen molar-refractivity contribution in [3.63, 3.8) is 0 Å². The lowest BCUT2D eigenvalue weighted by atomic mass is 10.2. The molecule has 3 aromatic carbocycles. The highest BCUT2D eigenvalue weighted by Crippen LogP contribution is 2.29. The molecule has 0 heterocycles. The molecule has 0 aromatic heterocycles. The van der Waals surface area contributed by atoms with Gasteiger partial charge in [0.1, 0.15) is 0 Å². The monoisotopic (exact) mass is 489 g/mol. The molecule has 1 unspecified atom stereocenters. The average Bonchev–Trinajstić information content (AvgIpc) is 2.77. The number of halogens is 2. The average molecular weight is 490 g/mol. The van der Waals surface area contributed by atoms with Crippen molar-refractivity contribution in [1.29, 1.82) is 0 Å². The van der Waals surface area contributed by atoms with E-state index in [0.29, 0.717) is 27.0 Å². The Bertz CT molecular complexity index is 1150. The van der Waals surface area contributed by atoms with Crippen molar-refractivity contribution in [2.24, 2.45) is 0 Å². The van der Waals surface area contributed by atoms with Gasteiger partial charge in [-0.3, -0.25) is 19.7 Å². The highest BCUT2D eigenvalue weighted by Gasteiger charge is 2.16. The van der Waals surface area contributed by atoms with Gasteiger partial charge in [-0.15, -0.1) is 11.8 Å². The molecule has 0 aliphatic rings. The van der Waals surface area contributed by atoms with Gasteiger partial charge in [-0.25, -0.2) is 0 Å². The molecule has 0 saturated carbocycles. The number of nitro groups is 1. The van der Waals surface area contributed by atoms with Gasteiger partial charge in [0, 0.05) is 33.3 Å². The molecular weight excluding hydrogens is 473 g/mol. The molecule has 2 amide bonds. The minimum absolute atomic E-state index is 0.0839. The molecule has 164 valence electrons. The Kier molecular flexibility index (Phi) is 7.74. The first-order valence-corrected chi connectivity index (χ1v) is 10.9. The molecule has 0 saturated heterocycles. The number of amides is 2. The molecule has 3 rings (SSSR count). The van der Waals surface area contributed by atoms with Crippen LogP contribution in [-0.2, 0) is 4.79 Å². The van der Waals surface area contributed by atoms with Gasteiger partial charge in [0.05, 0.1) is 20.9 Å². The lowest BCUT2D eigenvalue weighted by molar-refractivity contribution is -0.384. The zero-order chi connectivity index (χ0) is 23.3. The number of benzene rings is 3. The number of nitro benzene ring substituents is 1. The van der Waals surface area contributed by atoms with E-state index in [1.807, 2.05) is 0 Å². The summed E-state index contributed by atoms with van der Waals surface area (Å²) in [5.74, 6) is -0.595. The van der Waals surface area contributed by atoms with Gasteiger partial charge in [-0.1, -0.05) is 23.2 Å². The second kappa shape index (κ2) is 10.5. The fraction of sp³-hybridized carbons (Fsp3) is 0.0909. The van der Waals surface area contributed by atoms with Crippen molar-refractivity contribution in [1.82, 2.24) is 0 Å². The lowest BCUT2D eigenvalue weighted by Crippen LogP contribution is -2.22. The summed E-state index contributed by atoms with van der Waals surface area (Å²) >= 11 is 13.3. The van der Waals surface area contributed by atoms with E-state index in [-0.39, 0.29) is 17.5 Å².